The van der Waals surface area contributed by atoms with Crippen molar-refractivity contribution in [2.24, 2.45) is 5.92 Å². The number of aromatic nitrogens is 2. The average Bonchev–Trinajstić information content (AvgIpc) is 2.34. The minimum absolute atomic E-state index is 0.298. The maximum Gasteiger partial charge on any atom is 0.328 e. The van der Waals surface area contributed by atoms with Gasteiger partial charge >= 0.3 is 5.69 Å². The van der Waals surface area contributed by atoms with E-state index in [1.807, 2.05) is 0 Å². The highest BCUT2D eigenvalue weighted by Gasteiger charge is 2.49. The number of halogens is 1. The van der Waals surface area contributed by atoms with Gasteiger partial charge in [-0.1, -0.05) is 0 Å². The normalized spacial score (nSPS) is 35.3. The number of H-pyrrole nitrogens is 1. The quantitative estimate of drug-likeness (QED) is 0.680. The van der Waals surface area contributed by atoms with Gasteiger partial charge in [-0.2, -0.15) is 0 Å². The molecule has 106 valence electrons. The maximum absolute atomic E-state index is 14.7. The van der Waals surface area contributed by atoms with Crippen LogP contribution in [-0.4, -0.2) is 38.1 Å². The van der Waals surface area contributed by atoms with Crippen LogP contribution >= 0.6 is 0 Å². The van der Waals surface area contributed by atoms with Crippen LogP contribution in [0.3, 0.4) is 0 Å². The van der Waals surface area contributed by atoms with E-state index in [9.17, 15) is 19.1 Å². The zero-order valence-electron chi connectivity index (χ0n) is 10.5. The summed E-state index contributed by atoms with van der Waals surface area (Å²) in [6.45, 7) is 0.912. The first-order valence-corrected chi connectivity index (χ1v) is 6.17. The van der Waals surface area contributed by atoms with Crippen LogP contribution in [0.5, 0.6) is 0 Å². The van der Waals surface area contributed by atoms with E-state index >= 15 is 0 Å². The number of alkyl halides is 1. The summed E-state index contributed by atoms with van der Waals surface area (Å²) < 4.78 is 15.8. The lowest BCUT2D eigenvalue weighted by Crippen LogP contribution is -2.53. The Morgan fingerprint density at radius 1 is 1.53 bits per heavy atom. The van der Waals surface area contributed by atoms with Crippen LogP contribution < -0.4 is 11.2 Å². The molecule has 1 heterocycles. The molecule has 0 radical (unpaired) electrons. The zero-order valence-corrected chi connectivity index (χ0v) is 10.5. The molecule has 0 unspecified atom stereocenters. The van der Waals surface area contributed by atoms with Crippen molar-refractivity contribution in [3.8, 4) is 0 Å². The molecule has 0 spiro atoms. The molecule has 1 fully saturated rings. The fraction of sp³-hybridized carbons (Fsp3) is 0.667. The first-order chi connectivity index (χ1) is 8.87. The van der Waals surface area contributed by atoms with Crippen LogP contribution in [0.2, 0.25) is 0 Å². The van der Waals surface area contributed by atoms with Crippen LogP contribution in [0, 0.1) is 5.92 Å². The van der Waals surface area contributed by atoms with Crippen molar-refractivity contribution in [1.82, 2.24) is 9.55 Å². The summed E-state index contributed by atoms with van der Waals surface area (Å²) in [4.78, 5) is 24.8. The van der Waals surface area contributed by atoms with Crippen LogP contribution in [0.1, 0.15) is 25.8 Å². The minimum Gasteiger partial charge on any atom is -0.396 e. The topological polar surface area (TPSA) is 95.3 Å². The zero-order chi connectivity index (χ0) is 14.2. The number of nitrogens with zero attached hydrogens (tertiary/aromatic N) is 1. The van der Waals surface area contributed by atoms with Crippen molar-refractivity contribution >= 4 is 0 Å². The van der Waals surface area contributed by atoms with E-state index in [4.69, 9.17) is 5.11 Å². The van der Waals surface area contributed by atoms with E-state index in [1.165, 1.54) is 13.1 Å². The van der Waals surface area contributed by atoms with Crippen molar-refractivity contribution in [1.29, 1.82) is 0 Å². The number of aromatic amines is 1. The summed E-state index contributed by atoms with van der Waals surface area (Å²) in [5.74, 6) is -0.537. The molecule has 0 aromatic carbocycles. The lowest BCUT2D eigenvalue weighted by molar-refractivity contribution is -0.105. The summed E-state index contributed by atoms with van der Waals surface area (Å²) in [6.07, 6.45) is 0.597. The van der Waals surface area contributed by atoms with Gasteiger partial charge in [-0.05, 0) is 19.8 Å². The predicted octanol–water partition coefficient (Wildman–Crippen LogP) is -0.431. The third kappa shape index (κ3) is 2.35. The Morgan fingerprint density at radius 2 is 2.21 bits per heavy atom. The molecular formula is C12H17FN2O4. The van der Waals surface area contributed by atoms with Gasteiger partial charge in [0.15, 0.2) is 5.67 Å². The lowest BCUT2D eigenvalue weighted by atomic mass is 9.74. The Hall–Kier alpha value is -1.47. The van der Waals surface area contributed by atoms with E-state index in [1.54, 1.807) is 0 Å². The van der Waals surface area contributed by atoms with Crippen LogP contribution in [-0.2, 0) is 0 Å². The first-order valence-electron chi connectivity index (χ1n) is 6.17. The van der Waals surface area contributed by atoms with Crippen LogP contribution in [0.25, 0.3) is 0 Å². The molecule has 0 aliphatic heterocycles. The lowest BCUT2D eigenvalue weighted by Gasteiger charge is -2.43. The molecule has 3 N–H and O–H groups in total. The summed E-state index contributed by atoms with van der Waals surface area (Å²) >= 11 is 0. The summed E-state index contributed by atoms with van der Waals surface area (Å²) in [5.41, 5.74) is -3.30. The van der Waals surface area contributed by atoms with E-state index in [2.05, 4.69) is 4.98 Å². The molecule has 7 heteroatoms. The van der Waals surface area contributed by atoms with Crippen molar-refractivity contribution < 1.29 is 14.6 Å². The number of hydrogen-bond donors (Lipinski definition) is 3. The van der Waals surface area contributed by atoms with E-state index < -0.39 is 35.0 Å². The van der Waals surface area contributed by atoms with Gasteiger partial charge in [0.05, 0.1) is 12.1 Å². The van der Waals surface area contributed by atoms with E-state index in [0.717, 1.165) is 10.6 Å². The highest BCUT2D eigenvalue weighted by molar-refractivity contribution is 5.02. The highest BCUT2D eigenvalue weighted by Crippen LogP contribution is 2.42. The van der Waals surface area contributed by atoms with E-state index in [0.29, 0.717) is 12.8 Å². The molecule has 1 aromatic heterocycles. The molecule has 0 bridgehead atoms. The van der Waals surface area contributed by atoms with Gasteiger partial charge in [0, 0.05) is 24.8 Å². The van der Waals surface area contributed by atoms with Gasteiger partial charge < -0.3 is 10.2 Å². The molecular weight excluding hydrogens is 255 g/mol. The molecule has 1 aromatic rings. The van der Waals surface area contributed by atoms with Gasteiger partial charge in [0.1, 0.15) is 0 Å². The molecule has 1 aliphatic rings. The number of rotatable bonds is 2. The standard InChI is InChI=1S/C12H17FN2O4/c1-12(13)8(3-2-7(6-16)10(12)18)15-5-4-9(17)14-11(15)19/h4-5,7-8,10,16,18H,2-3,6H2,1H3,(H,14,17,19)/t7-,8-,10-,12+/m1/s1. The fourth-order valence-electron chi connectivity index (χ4n) is 2.74. The molecule has 6 nitrogen and oxygen atoms in total. The SMILES string of the molecule is C[C@@]1(F)[C@H](O)[C@@H](CO)CC[C@H]1n1ccc(=O)[nH]c1=O. The van der Waals surface area contributed by atoms with Crippen molar-refractivity contribution in [3.05, 3.63) is 33.1 Å². The Kier molecular flexibility index (Phi) is 3.60. The summed E-state index contributed by atoms with van der Waals surface area (Å²) in [5, 5.41) is 19.1. The van der Waals surface area contributed by atoms with Crippen LogP contribution in [0.15, 0.2) is 21.9 Å². The van der Waals surface area contributed by atoms with E-state index in [-0.39, 0.29) is 6.61 Å². The van der Waals surface area contributed by atoms with Crippen LogP contribution in [0.4, 0.5) is 4.39 Å². The van der Waals surface area contributed by atoms with Gasteiger partial charge in [-0.15, -0.1) is 0 Å². The van der Waals surface area contributed by atoms with Crippen molar-refractivity contribution in [2.45, 2.75) is 37.6 Å². The fourth-order valence-corrected chi connectivity index (χ4v) is 2.74. The Balaban J connectivity index is 2.40. The van der Waals surface area contributed by atoms with Gasteiger partial charge in [-0.25, -0.2) is 9.18 Å². The van der Waals surface area contributed by atoms with Gasteiger partial charge in [0.25, 0.3) is 5.56 Å². The third-order valence-electron chi connectivity index (χ3n) is 3.91. The second kappa shape index (κ2) is 4.90. The molecule has 2 rings (SSSR count). The average molecular weight is 272 g/mol. The molecule has 1 aliphatic carbocycles. The third-order valence-corrected chi connectivity index (χ3v) is 3.91. The van der Waals surface area contributed by atoms with Crippen molar-refractivity contribution in [2.75, 3.05) is 6.61 Å². The Labute approximate surface area is 108 Å². The number of nitrogens with one attached hydrogen (secondary N) is 1. The van der Waals surface area contributed by atoms with Gasteiger partial charge in [-0.3, -0.25) is 14.3 Å². The molecule has 0 saturated heterocycles. The summed E-state index contributed by atoms with van der Waals surface area (Å²) in [7, 11) is 0. The smallest absolute Gasteiger partial charge is 0.328 e. The number of aliphatic hydroxyl groups is 2. The van der Waals surface area contributed by atoms with Crippen molar-refractivity contribution in [3.63, 3.8) is 0 Å². The second-order valence-corrected chi connectivity index (χ2v) is 5.15. The highest BCUT2D eigenvalue weighted by atomic mass is 19.1. The molecule has 0 amide bonds. The predicted molar refractivity (Wildman–Crippen MR) is 65.7 cm³/mol. The summed E-state index contributed by atoms with van der Waals surface area (Å²) in [6, 6.07) is 0.275. The Morgan fingerprint density at radius 3 is 2.79 bits per heavy atom. The number of aliphatic hydroxyl groups excluding tert-OH is 2. The second-order valence-electron chi connectivity index (χ2n) is 5.15. The largest absolute Gasteiger partial charge is 0.396 e. The van der Waals surface area contributed by atoms with Gasteiger partial charge in [0.2, 0.25) is 0 Å². The first kappa shape index (κ1) is 14.0. The molecule has 19 heavy (non-hydrogen) atoms. The number of hydrogen-bond acceptors (Lipinski definition) is 4. The maximum atomic E-state index is 14.7. The Bertz CT molecular complexity index is 565. The molecule has 4 atom stereocenters. The minimum atomic E-state index is -2.05. The molecule has 1 saturated carbocycles. The monoisotopic (exact) mass is 272 g/mol.